The van der Waals surface area contributed by atoms with Gasteiger partial charge >= 0.3 is 0 Å². The van der Waals surface area contributed by atoms with Gasteiger partial charge in [0.25, 0.3) is 11.8 Å². The number of aryl methyl sites for hydroxylation is 1. The van der Waals surface area contributed by atoms with Crippen molar-refractivity contribution in [1.29, 1.82) is 0 Å². The molecule has 14 heteroatoms. The third-order valence-electron chi connectivity index (χ3n) is 7.14. The lowest BCUT2D eigenvalue weighted by Gasteiger charge is -2.32. The molecule has 1 saturated heterocycles. The molecular weight excluding hydrogens is 550 g/mol. The van der Waals surface area contributed by atoms with Crippen LogP contribution in [0.1, 0.15) is 56.7 Å². The Bertz CT molecular complexity index is 1530. The minimum atomic E-state index is -3.28. The minimum absolute atomic E-state index is 0.0830. The number of methoxy groups -OCH3 is 1. The maximum absolute atomic E-state index is 12.8. The first-order valence-electron chi connectivity index (χ1n) is 13.3. The molecule has 1 N–H and O–H groups in total. The van der Waals surface area contributed by atoms with Gasteiger partial charge in [-0.1, -0.05) is 12.1 Å². The average molecular weight is 584 g/mol. The summed E-state index contributed by atoms with van der Waals surface area (Å²) in [4.78, 5) is 27.2. The molecule has 2 fully saturated rings. The van der Waals surface area contributed by atoms with E-state index in [1.807, 2.05) is 18.2 Å². The van der Waals surface area contributed by atoms with Gasteiger partial charge < -0.3 is 19.7 Å². The first kappa shape index (κ1) is 28.5. The van der Waals surface area contributed by atoms with Gasteiger partial charge in [-0.05, 0) is 37.1 Å². The monoisotopic (exact) mass is 583 g/mol. The molecule has 2 amide bonds. The van der Waals surface area contributed by atoms with Crippen molar-refractivity contribution >= 4 is 21.8 Å². The summed E-state index contributed by atoms with van der Waals surface area (Å²) in [6.45, 7) is 1.40. The highest BCUT2D eigenvalue weighted by molar-refractivity contribution is 7.88. The third kappa shape index (κ3) is 6.65. The number of carbonyl (C=O) groups is 2. The van der Waals surface area contributed by atoms with Crippen LogP contribution in [0.25, 0.3) is 0 Å². The summed E-state index contributed by atoms with van der Waals surface area (Å²) < 4.78 is 37.9. The second-order valence-electron chi connectivity index (χ2n) is 10.1. The van der Waals surface area contributed by atoms with Crippen molar-refractivity contribution in [2.45, 2.75) is 31.9 Å². The third-order valence-corrected chi connectivity index (χ3v) is 8.44. The summed E-state index contributed by atoms with van der Waals surface area (Å²) in [6.07, 6.45) is 3.39. The Morgan fingerprint density at radius 3 is 2.46 bits per heavy atom. The van der Waals surface area contributed by atoms with Crippen LogP contribution >= 0.6 is 0 Å². The number of sulfonamides is 1. The predicted octanol–water partition coefficient (Wildman–Crippen LogP) is 1.32. The van der Waals surface area contributed by atoms with Crippen molar-refractivity contribution in [3.63, 3.8) is 0 Å². The Kier molecular flexibility index (Phi) is 8.22. The number of para-hydroxylation sites is 1. The molecule has 1 aliphatic carbocycles. The molecule has 0 unspecified atom stereocenters. The quantitative estimate of drug-likeness (QED) is 0.373. The van der Waals surface area contributed by atoms with Gasteiger partial charge in [0.15, 0.2) is 17.2 Å². The summed E-state index contributed by atoms with van der Waals surface area (Å²) in [7, 11) is 0.0214. The number of benzene rings is 1. The van der Waals surface area contributed by atoms with Crippen molar-refractivity contribution in [1.82, 2.24) is 34.5 Å². The van der Waals surface area contributed by atoms with Crippen molar-refractivity contribution < 1.29 is 27.5 Å². The van der Waals surface area contributed by atoms with Gasteiger partial charge in [-0.2, -0.15) is 14.5 Å². The Balaban J connectivity index is 1.17. The largest absolute Gasteiger partial charge is 0.493 e. The fourth-order valence-corrected chi connectivity index (χ4v) is 5.51. The molecule has 0 bridgehead atoms. The summed E-state index contributed by atoms with van der Waals surface area (Å²) in [5.74, 6) is 0.904. The van der Waals surface area contributed by atoms with E-state index in [4.69, 9.17) is 9.47 Å². The molecule has 1 aromatic carbocycles. The number of carbonyl (C=O) groups excluding carboxylic acids is 2. The molecule has 0 atom stereocenters. The Labute approximate surface area is 238 Å². The van der Waals surface area contributed by atoms with Crippen molar-refractivity contribution in [2.24, 2.45) is 7.05 Å². The Morgan fingerprint density at radius 2 is 1.83 bits per heavy atom. The van der Waals surface area contributed by atoms with E-state index in [0.717, 1.165) is 30.4 Å². The van der Waals surface area contributed by atoms with Gasteiger partial charge in [0.05, 0.1) is 19.1 Å². The van der Waals surface area contributed by atoms with Crippen LogP contribution < -0.4 is 14.8 Å². The zero-order chi connectivity index (χ0) is 29.1. The van der Waals surface area contributed by atoms with E-state index >= 15 is 0 Å². The van der Waals surface area contributed by atoms with Gasteiger partial charge in [0.2, 0.25) is 10.0 Å². The van der Waals surface area contributed by atoms with E-state index in [2.05, 4.69) is 20.6 Å². The van der Waals surface area contributed by atoms with Crippen LogP contribution in [0, 0.1) is 0 Å². The van der Waals surface area contributed by atoms with Gasteiger partial charge in [0.1, 0.15) is 18.0 Å². The zero-order valence-electron chi connectivity index (χ0n) is 23.2. The Hall–Kier alpha value is -4.04. The highest BCUT2D eigenvalue weighted by atomic mass is 32.2. The lowest BCUT2D eigenvalue weighted by atomic mass is 10.1. The zero-order valence-corrected chi connectivity index (χ0v) is 24.1. The van der Waals surface area contributed by atoms with Crippen LogP contribution in [-0.4, -0.2) is 89.0 Å². The maximum atomic E-state index is 12.8. The second-order valence-corrected chi connectivity index (χ2v) is 12.1. The van der Waals surface area contributed by atoms with E-state index < -0.39 is 10.0 Å². The molecule has 0 radical (unpaired) electrons. The summed E-state index contributed by atoms with van der Waals surface area (Å²) in [5.41, 5.74) is 2.89. The van der Waals surface area contributed by atoms with Crippen LogP contribution in [0.2, 0.25) is 0 Å². The molecule has 1 saturated carbocycles. The van der Waals surface area contributed by atoms with Crippen LogP contribution in [0.3, 0.4) is 0 Å². The molecule has 2 aliphatic rings. The molecule has 0 spiro atoms. The van der Waals surface area contributed by atoms with Gasteiger partial charge in [-0.25, -0.2) is 8.42 Å². The first-order valence-corrected chi connectivity index (χ1v) is 15.2. The molecule has 218 valence electrons. The molecule has 1 aliphatic heterocycles. The summed E-state index contributed by atoms with van der Waals surface area (Å²) in [5, 5.41) is 15.6. The number of rotatable bonds is 10. The van der Waals surface area contributed by atoms with Gasteiger partial charge in [0, 0.05) is 51.3 Å². The number of aromatic nitrogens is 4. The molecular formula is C27H33N7O6S. The Morgan fingerprint density at radius 1 is 1.07 bits per heavy atom. The van der Waals surface area contributed by atoms with Gasteiger partial charge in [-0.3, -0.25) is 14.3 Å². The standard InChI is InChI=1S/C27H33N7O6S/c1-32-23(15-22(31-32)18-7-8-18)26(35)28-16-19-5-4-6-24(25(19)39-2)40-17-20-9-10-21(30-29-20)27(36)33-11-13-34(14-12-33)41(3,37)38/h4-6,9-10,15,18H,7-8,11-14,16-17H2,1-3H3,(H,28,35). The summed E-state index contributed by atoms with van der Waals surface area (Å²) >= 11 is 0. The normalized spacial score (nSPS) is 15.9. The predicted molar refractivity (Wildman–Crippen MR) is 148 cm³/mol. The van der Waals surface area contributed by atoms with E-state index in [1.54, 1.807) is 34.8 Å². The van der Waals surface area contributed by atoms with Crippen LogP contribution in [0.4, 0.5) is 0 Å². The number of hydrogen-bond donors (Lipinski definition) is 1. The summed E-state index contributed by atoms with van der Waals surface area (Å²) in [6, 6.07) is 10.5. The van der Waals surface area contributed by atoms with E-state index in [1.165, 1.54) is 11.4 Å². The van der Waals surface area contributed by atoms with Crippen LogP contribution in [0.5, 0.6) is 11.5 Å². The average Bonchev–Trinajstić information content (AvgIpc) is 3.75. The highest BCUT2D eigenvalue weighted by Crippen LogP contribution is 2.39. The lowest BCUT2D eigenvalue weighted by Crippen LogP contribution is -2.50. The van der Waals surface area contributed by atoms with Crippen molar-refractivity contribution in [3.8, 4) is 11.5 Å². The topological polar surface area (TPSA) is 149 Å². The maximum Gasteiger partial charge on any atom is 0.274 e. The fourth-order valence-electron chi connectivity index (χ4n) is 4.68. The van der Waals surface area contributed by atoms with E-state index in [0.29, 0.717) is 41.9 Å². The number of amides is 2. The molecule has 5 rings (SSSR count). The minimum Gasteiger partial charge on any atom is -0.493 e. The van der Waals surface area contributed by atoms with Gasteiger partial charge in [-0.15, -0.1) is 5.10 Å². The SMILES string of the molecule is COc1c(CNC(=O)c2cc(C3CC3)nn2C)cccc1OCc1ccc(C(=O)N2CCN(S(C)(=O)=O)CC2)nn1. The van der Waals surface area contributed by atoms with Crippen molar-refractivity contribution in [2.75, 3.05) is 39.5 Å². The molecule has 13 nitrogen and oxygen atoms in total. The molecule has 2 aromatic heterocycles. The van der Waals surface area contributed by atoms with Crippen molar-refractivity contribution in [3.05, 3.63) is 64.7 Å². The fraction of sp³-hybridized carbons (Fsp3) is 0.444. The molecule has 3 heterocycles. The van der Waals surface area contributed by atoms with E-state index in [9.17, 15) is 18.0 Å². The first-order chi connectivity index (χ1) is 19.6. The highest BCUT2D eigenvalue weighted by Gasteiger charge is 2.29. The molecule has 3 aromatic rings. The van der Waals surface area contributed by atoms with Crippen LogP contribution in [-0.2, 0) is 30.2 Å². The van der Waals surface area contributed by atoms with E-state index in [-0.39, 0.29) is 43.7 Å². The number of nitrogens with one attached hydrogen (secondary N) is 1. The molecule has 41 heavy (non-hydrogen) atoms. The number of piperazine rings is 1. The number of hydrogen-bond acceptors (Lipinski definition) is 9. The number of nitrogens with zero attached hydrogens (tertiary/aromatic N) is 6. The lowest BCUT2D eigenvalue weighted by molar-refractivity contribution is 0.0690. The second kappa shape index (κ2) is 11.8. The smallest absolute Gasteiger partial charge is 0.274 e. The number of ether oxygens (including phenoxy) is 2. The van der Waals surface area contributed by atoms with Crippen LogP contribution in [0.15, 0.2) is 36.4 Å².